The summed E-state index contributed by atoms with van der Waals surface area (Å²) in [5.41, 5.74) is 8.70. The number of nitrogens with zero attached hydrogens (tertiary/aromatic N) is 2. The Morgan fingerprint density at radius 2 is 1.63 bits per heavy atom. The van der Waals surface area contributed by atoms with E-state index in [9.17, 15) is 18.4 Å². The molecule has 41 heavy (non-hydrogen) atoms. The Balaban J connectivity index is 1.39. The molecule has 9 nitrogen and oxygen atoms in total. The summed E-state index contributed by atoms with van der Waals surface area (Å²) >= 11 is 0. The maximum atomic E-state index is 14.7. The van der Waals surface area contributed by atoms with Crippen molar-refractivity contribution in [2.75, 3.05) is 13.6 Å². The number of likely N-dealkylation sites (N-methyl/N-ethyl adjacent to an activating group) is 1. The smallest absolute Gasteiger partial charge is 0.261 e. The van der Waals surface area contributed by atoms with E-state index in [1.165, 1.54) is 31.3 Å². The van der Waals surface area contributed by atoms with Gasteiger partial charge in [0.1, 0.15) is 23.8 Å². The molecule has 2 amide bonds. The Kier molecular flexibility index (Phi) is 5.75. The van der Waals surface area contributed by atoms with E-state index in [0.717, 1.165) is 4.90 Å². The highest BCUT2D eigenvalue weighted by Gasteiger charge is 2.50. The third kappa shape index (κ3) is 4.03. The van der Waals surface area contributed by atoms with Crippen molar-refractivity contribution in [3.63, 3.8) is 0 Å². The number of benzene rings is 2. The number of fused-ring (bicyclic) bond motifs is 3. The van der Waals surface area contributed by atoms with Crippen LogP contribution in [0.3, 0.4) is 0 Å². The molecule has 4 aromatic rings. The minimum atomic E-state index is -0.788. The number of halogens is 2. The molecule has 4 N–H and O–H groups in total. The number of piperidine rings is 1. The highest BCUT2D eigenvalue weighted by atomic mass is 19.1. The van der Waals surface area contributed by atoms with E-state index in [4.69, 9.17) is 15.2 Å². The highest BCUT2D eigenvalue weighted by Crippen LogP contribution is 2.41. The Hall–Kier alpha value is -3.90. The Morgan fingerprint density at radius 1 is 0.976 bits per heavy atom. The molecule has 3 aliphatic rings. The van der Waals surface area contributed by atoms with E-state index in [-0.39, 0.29) is 35.4 Å². The molecule has 2 aromatic heterocycles. The van der Waals surface area contributed by atoms with Crippen LogP contribution in [0.15, 0.2) is 48.8 Å². The first-order valence-electron chi connectivity index (χ1n) is 13.5. The SMILES string of the molecule is CN1C(=O)C(c2c[nH]c3ccc(F)cc23)=C(c2cn(C[C@@H]3NC[C@H](N)[C@H]4OC(C)(C)O[C@@H]43)c3ccc(F)cc23)C1=O. The van der Waals surface area contributed by atoms with E-state index >= 15 is 0 Å². The summed E-state index contributed by atoms with van der Waals surface area (Å²) in [7, 11) is 1.40. The van der Waals surface area contributed by atoms with Crippen LogP contribution in [0.1, 0.15) is 25.0 Å². The minimum Gasteiger partial charge on any atom is -0.361 e. The van der Waals surface area contributed by atoms with Crippen LogP contribution in [0.25, 0.3) is 33.0 Å². The average molecular weight is 562 g/mol. The Labute approximate surface area is 233 Å². The van der Waals surface area contributed by atoms with Crippen molar-refractivity contribution in [2.45, 2.75) is 50.5 Å². The standard InChI is InChI=1S/C30H29F2N5O4/c1-30(2)40-26-20(33)11-35-22(27(26)41-30)13-37-12-19(17-9-15(32)5-7-23(17)37)25-24(28(38)36(3)29(25)39)18-10-34-21-6-4-14(31)8-16(18)21/h4-10,12,20,22,26-27,34-35H,11,13,33H2,1-3H3/t20-,22-,26+,27+/m0/s1. The van der Waals surface area contributed by atoms with Gasteiger partial charge in [0.05, 0.1) is 17.2 Å². The van der Waals surface area contributed by atoms with Crippen molar-refractivity contribution in [3.05, 3.63) is 71.6 Å². The fraction of sp³-hybridized carbons (Fsp3) is 0.333. The zero-order valence-corrected chi connectivity index (χ0v) is 22.7. The fourth-order valence-corrected chi connectivity index (χ4v) is 6.42. The maximum absolute atomic E-state index is 14.7. The molecule has 212 valence electrons. The molecule has 7 rings (SSSR count). The van der Waals surface area contributed by atoms with Crippen LogP contribution in [0.2, 0.25) is 0 Å². The largest absolute Gasteiger partial charge is 0.361 e. The lowest BCUT2D eigenvalue weighted by Gasteiger charge is -2.36. The molecule has 0 bridgehead atoms. The third-order valence-corrected chi connectivity index (χ3v) is 8.30. The van der Waals surface area contributed by atoms with E-state index in [1.54, 1.807) is 24.5 Å². The summed E-state index contributed by atoms with van der Waals surface area (Å²) in [6.07, 6.45) is 2.74. The van der Waals surface area contributed by atoms with E-state index in [1.807, 2.05) is 18.4 Å². The van der Waals surface area contributed by atoms with Gasteiger partial charge in [-0.1, -0.05) is 0 Å². The summed E-state index contributed by atoms with van der Waals surface area (Å²) in [6.45, 7) is 4.64. The normalized spacial score (nSPS) is 26.1. The molecule has 0 saturated carbocycles. The van der Waals surface area contributed by atoms with Gasteiger partial charge in [-0.25, -0.2) is 8.78 Å². The van der Waals surface area contributed by atoms with Gasteiger partial charge in [-0.05, 0) is 50.2 Å². The number of imide groups is 1. The Bertz CT molecular complexity index is 1790. The number of hydrogen-bond acceptors (Lipinski definition) is 6. The second-order valence-corrected chi connectivity index (χ2v) is 11.4. The molecule has 5 heterocycles. The molecule has 2 fully saturated rings. The van der Waals surface area contributed by atoms with Gasteiger partial charge in [0.25, 0.3) is 11.8 Å². The lowest BCUT2D eigenvalue weighted by Crippen LogP contribution is -2.62. The van der Waals surface area contributed by atoms with Gasteiger partial charge in [-0.3, -0.25) is 14.5 Å². The zero-order valence-electron chi connectivity index (χ0n) is 22.7. The number of carbonyl (C=O) groups is 2. The summed E-state index contributed by atoms with van der Waals surface area (Å²) in [4.78, 5) is 31.2. The molecule has 0 unspecified atom stereocenters. The number of rotatable bonds is 4. The molecule has 4 atom stereocenters. The predicted octanol–water partition coefficient (Wildman–Crippen LogP) is 3.13. The van der Waals surface area contributed by atoms with Gasteiger partial charge in [0.2, 0.25) is 0 Å². The maximum Gasteiger partial charge on any atom is 0.261 e. The molecule has 0 aliphatic carbocycles. The number of hydrogen-bond donors (Lipinski definition) is 3. The van der Waals surface area contributed by atoms with Crippen LogP contribution in [0, 0.1) is 11.6 Å². The van der Waals surface area contributed by atoms with Crippen LogP contribution in [0.5, 0.6) is 0 Å². The Morgan fingerprint density at radius 3 is 2.39 bits per heavy atom. The molecular weight excluding hydrogens is 532 g/mol. The molecule has 2 saturated heterocycles. The predicted molar refractivity (Wildman–Crippen MR) is 148 cm³/mol. The van der Waals surface area contributed by atoms with Crippen molar-refractivity contribution >= 4 is 44.8 Å². The van der Waals surface area contributed by atoms with Gasteiger partial charge in [0.15, 0.2) is 5.79 Å². The number of nitrogens with one attached hydrogen (secondary N) is 2. The third-order valence-electron chi connectivity index (χ3n) is 8.30. The number of aromatic nitrogens is 2. The zero-order chi connectivity index (χ0) is 28.8. The molecular formula is C30H29F2N5O4. The van der Waals surface area contributed by atoms with Gasteiger partial charge in [-0.15, -0.1) is 0 Å². The number of aromatic amines is 1. The second-order valence-electron chi connectivity index (χ2n) is 11.4. The van der Waals surface area contributed by atoms with Crippen LogP contribution in [0.4, 0.5) is 8.78 Å². The first kappa shape index (κ1) is 26.0. The fourth-order valence-electron chi connectivity index (χ4n) is 6.42. The summed E-state index contributed by atoms with van der Waals surface area (Å²) in [5.74, 6) is -2.77. The molecule has 3 aliphatic heterocycles. The van der Waals surface area contributed by atoms with Crippen molar-refractivity contribution in [2.24, 2.45) is 5.73 Å². The van der Waals surface area contributed by atoms with Gasteiger partial charge in [0, 0.05) is 71.5 Å². The number of nitrogens with two attached hydrogens (primary N) is 1. The van der Waals surface area contributed by atoms with Crippen molar-refractivity contribution in [1.82, 2.24) is 19.8 Å². The summed E-state index contributed by atoms with van der Waals surface area (Å²) in [6, 6.07) is 8.17. The molecule has 2 aromatic carbocycles. The summed E-state index contributed by atoms with van der Waals surface area (Å²) < 4.78 is 43.1. The average Bonchev–Trinajstić information content (AvgIpc) is 3.64. The summed E-state index contributed by atoms with van der Waals surface area (Å²) in [5, 5.41) is 4.41. The van der Waals surface area contributed by atoms with E-state index in [0.29, 0.717) is 46.0 Å². The van der Waals surface area contributed by atoms with Crippen molar-refractivity contribution in [1.29, 1.82) is 0 Å². The number of carbonyl (C=O) groups excluding carboxylic acids is 2. The highest BCUT2D eigenvalue weighted by molar-refractivity contribution is 6.50. The van der Waals surface area contributed by atoms with Crippen LogP contribution >= 0.6 is 0 Å². The lowest BCUT2D eigenvalue weighted by atomic mass is 9.94. The minimum absolute atomic E-state index is 0.133. The molecule has 0 radical (unpaired) electrons. The number of H-pyrrole nitrogens is 1. The topological polar surface area (TPSA) is 115 Å². The molecule has 0 spiro atoms. The molecule has 11 heteroatoms. The van der Waals surface area contributed by atoms with Crippen molar-refractivity contribution < 1.29 is 27.8 Å². The van der Waals surface area contributed by atoms with Gasteiger partial charge < -0.3 is 30.1 Å². The van der Waals surface area contributed by atoms with E-state index in [2.05, 4.69) is 10.3 Å². The van der Waals surface area contributed by atoms with Crippen molar-refractivity contribution in [3.8, 4) is 0 Å². The first-order valence-corrected chi connectivity index (χ1v) is 13.5. The van der Waals surface area contributed by atoms with Gasteiger partial charge in [-0.2, -0.15) is 0 Å². The lowest BCUT2D eigenvalue weighted by molar-refractivity contribution is -0.147. The van der Waals surface area contributed by atoms with Crippen LogP contribution < -0.4 is 11.1 Å². The number of amides is 2. The van der Waals surface area contributed by atoms with Crippen LogP contribution in [-0.2, 0) is 25.6 Å². The van der Waals surface area contributed by atoms with Crippen LogP contribution in [-0.4, -0.2) is 69.9 Å². The first-order chi connectivity index (χ1) is 19.5. The van der Waals surface area contributed by atoms with Gasteiger partial charge >= 0.3 is 0 Å². The number of ether oxygens (including phenoxy) is 2. The monoisotopic (exact) mass is 561 g/mol. The quantitative estimate of drug-likeness (QED) is 0.330. The van der Waals surface area contributed by atoms with E-state index < -0.39 is 29.2 Å². The second kappa shape index (κ2) is 9.05.